The number of halogens is 3. The van der Waals surface area contributed by atoms with Gasteiger partial charge in [0.05, 0.1) is 6.54 Å². The van der Waals surface area contributed by atoms with Gasteiger partial charge in [-0.25, -0.2) is 8.78 Å². The van der Waals surface area contributed by atoms with Crippen LogP contribution in [0, 0.1) is 0 Å². The predicted molar refractivity (Wildman–Crippen MR) is 54.1 cm³/mol. The minimum absolute atomic E-state index is 0. The van der Waals surface area contributed by atoms with Crippen LogP contribution in [-0.4, -0.2) is 25.2 Å². The van der Waals surface area contributed by atoms with E-state index in [1.807, 2.05) is 0 Å². The third kappa shape index (κ3) is 2.35. The van der Waals surface area contributed by atoms with Crippen LogP contribution in [0.2, 0.25) is 0 Å². The van der Waals surface area contributed by atoms with Gasteiger partial charge in [-0.05, 0) is 12.8 Å². The molecule has 1 fully saturated rings. The lowest BCUT2D eigenvalue weighted by Crippen LogP contribution is -2.54. The lowest BCUT2D eigenvalue weighted by atomic mass is 9.80. The molecular formula is C9H18ClF2NO. The molecule has 5 heteroatoms. The zero-order valence-electron chi connectivity index (χ0n) is 8.39. The number of methoxy groups -OCH3 is 1. The molecule has 0 saturated heterocycles. The molecule has 0 aromatic carbocycles. The van der Waals surface area contributed by atoms with E-state index in [2.05, 4.69) is 0 Å². The van der Waals surface area contributed by atoms with Crippen LogP contribution in [0.1, 0.15) is 32.1 Å². The van der Waals surface area contributed by atoms with Crippen molar-refractivity contribution in [1.82, 2.24) is 0 Å². The van der Waals surface area contributed by atoms with E-state index in [0.29, 0.717) is 12.8 Å². The monoisotopic (exact) mass is 229 g/mol. The lowest BCUT2D eigenvalue weighted by Gasteiger charge is -2.41. The van der Waals surface area contributed by atoms with Crippen LogP contribution in [0.5, 0.6) is 0 Å². The molecule has 0 radical (unpaired) electrons. The van der Waals surface area contributed by atoms with Crippen molar-refractivity contribution in [2.45, 2.75) is 43.6 Å². The van der Waals surface area contributed by atoms with E-state index in [9.17, 15) is 8.78 Å². The van der Waals surface area contributed by atoms with Gasteiger partial charge < -0.3 is 10.5 Å². The molecule has 0 atom stereocenters. The Labute approximate surface area is 89.6 Å². The molecule has 2 nitrogen and oxygen atoms in total. The van der Waals surface area contributed by atoms with Crippen molar-refractivity contribution >= 4 is 12.4 Å². The third-order valence-corrected chi connectivity index (χ3v) is 2.97. The fourth-order valence-electron chi connectivity index (χ4n) is 2.03. The molecule has 14 heavy (non-hydrogen) atoms. The van der Waals surface area contributed by atoms with Crippen LogP contribution in [-0.2, 0) is 4.74 Å². The highest BCUT2D eigenvalue weighted by Crippen LogP contribution is 2.42. The highest BCUT2D eigenvalue weighted by molar-refractivity contribution is 5.85. The van der Waals surface area contributed by atoms with Gasteiger partial charge in [-0.15, -0.1) is 12.4 Å². The van der Waals surface area contributed by atoms with Gasteiger partial charge in [0.1, 0.15) is 5.60 Å². The topological polar surface area (TPSA) is 35.2 Å². The largest absolute Gasteiger partial charge is 0.372 e. The average molecular weight is 230 g/mol. The summed E-state index contributed by atoms with van der Waals surface area (Å²) in [7, 11) is 1.36. The van der Waals surface area contributed by atoms with Gasteiger partial charge in [0.2, 0.25) is 0 Å². The first-order valence-electron chi connectivity index (χ1n) is 4.71. The van der Waals surface area contributed by atoms with Gasteiger partial charge >= 0.3 is 0 Å². The van der Waals surface area contributed by atoms with E-state index in [1.165, 1.54) is 7.11 Å². The first-order valence-corrected chi connectivity index (χ1v) is 4.71. The molecule has 0 aromatic heterocycles. The van der Waals surface area contributed by atoms with Gasteiger partial charge in [0, 0.05) is 7.11 Å². The summed E-state index contributed by atoms with van der Waals surface area (Å²) in [6.45, 7) is -0.624. The van der Waals surface area contributed by atoms with Crippen molar-refractivity contribution < 1.29 is 13.5 Å². The van der Waals surface area contributed by atoms with E-state index >= 15 is 0 Å². The molecular weight excluding hydrogens is 212 g/mol. The standard InChI is InChI=1S/C9H17F2NO.ClH/c1-13-8(9(10,11)7-12)5-3-2-4-6-8;/h2-7,12H2,1H3;1H. The molecule has 0 aromatic rings. The van der Waals surface area contributed by atoms with Crippen molar-refractivity contribution in [2.24, 2.45) is 5.73 Å². The number of hydrogen-bond acceptors (Lipinski definition) is 2. The second-order valence-electron chi connectivity index (χ2n) is 3.67. The summed E-state index contributed by atoms with van der Waals surface area (Å²) in [6, 6.07) is 0. The smallest absolute Gasteiger partial charge is 0.288 e. The fourth-order valence-corrected chi connectivity index (χ4v) is 2.03. The highest BCUT2D eigenvalue weighted by Gasteiger charge is 2.53. The molecule has 1 aliphatic rings. The number of hydrogen-bond donors (Lipinski definition) is 1. The van der Waals surface area contributed by atoms with Crippen molar-refractivity contribution in [1.29, 1.82) is 0 Å². The Balaban J connectivity index is 0.00000169. The Hall–Kier alpha value is 0.0700. The van der Waals surface area contributed by atoms with Gasteiger partial charge in [0.15, 0.2) is 0 Å². The minimum Gasteiger partial charge on any atom is -0.372 e. The van der Waals surface area contributed by atoms with E-state index in [1.54, 1.807) is 0 Å². The molecule has 0 unspecified atom stereocenters. The Morgan fingerprint density at radius 3 is 2.14 bits per heavy atom. The molecule has 0 aliphatic heterocycles. The summed E-state index contributed by atoms with van der Waals surface area (Å²) in [5.41, 5.74) is 3.78. The van der Waals surface area contributed by atoms with Crippen LogP contribution >= 0.6 is 12.4 Å². The summed E-state index contributed by atoms with van der Waals surface area (Å²) in [5.74, 6) is -2.89. The fraction of sp³-hybridized carbons (Fsp3) is 1.00. The second kappa shape index (κ2) is 5.24. The normalized spacial score (nSPS) is 21.4. The molecule has 1 rings (SSSR count). The first kappa shape index (κ1) is 14.1. The molecule has 1 saturated carbocycles. The lowest BCUT2D eigenvalue weighted by molar-refractivity contribution is -0.204. The Bertz CT molecular complexity index is 172. The molecule has 0 heterocycles. The average Bonchev–Trinajstić information content (AvgIpc) is 2.18. The quantitative estimate of drug-likeness (QED) is 0.807. The number of rotatable bonds is 3. The van der Waals surface area contributed by atoms with Crippen molar-refractivity contribution in [3.05, 3.63) is 0 Å². The van der Waals surface area contributed by atoms with E-state index in [0.717, 1.165) is 19.3 Å². The molecule has 86 valence electrons. The van der Waals surface area contributed by atoms with Crippen molar-refractivity contribution in [3.63, 3.8) is 0 Å². The van der Waals surface area contributed by atoms with Crippen LogP contribution in [0.25, 0.3) is 0 Å². The summed E-state index contributed by atoms with van der Waals surface area (Å²) in [4.78, 5) is 0. The van der Waals surface area contributed by atoms with Gasteiger partial charge in [-0.2, -0.15) is 0 Å². The highest BCUT2D eigenvalue weighted by atomic mass is 35.5. The second-order valence-corrected chi connectivity index (χ2v) is 3.67. The van der Waals surface area contributed by atoms with Crippen LogP contribution in [0.4, 0.5) is 8.78 Å². The Kier molecular flexibility index (Phi) is 5.26. The SMILES string of the molecule is COC1(C(F)(F)CN)CCCCC1.Cl. The predicted octanol–water partition coefficient (Wildman–Crippen LogP) is 2.35. The molecule has 2 N–H and O–H groups in total. The van der Waals surface area contributed by atoms with Crippen LogP contribution < -0.4 is 5.73 Å². The molecule has 0 amide bonds. The number of nitrogens with two attached hydrogens (primary N) is 1. The maximum absolute atomic E-state index is 13.4. The zero-order chi connectivity index (χ0) is 9.95. The summed E-state index contributed by atoms with van der Waals surface area (Å²) in [5, 5.41) is 0. The summed E-state index contributed by atoms with van der Waals surface area (Å²) in [6.07, 6.45) is 3.49. The molecule has 1 aliphatic carbocycles. The third-order valence-electron chi connectivity index (χ3n) is 2.97. The van der Waals surface area contributed by atoms with E-state index in [4.69, 9.17) is 10.5 Å². The first-order chi connectivity index (χ1) is 6.08. The maximum Gasteiger partial charge on any atom is 0.288 e. The van der Waals surface area contributed by atoms with Gasteiger partial charge in [-0.3, -0.25) is 0 Å². The molecule has 0 spiro atoms. The van der Waals surface area contributed by atoms with E-state index in [-0.39, 0.29) is 12.4 Å². The zero-order valence-corrected chi connectivity index (χ0v) is 9.21. The molecule has 0 bridgehead atoms. The maximum atomic E-state index is 13.4. The van der Waals surface area contributed by atoms with Crippen LogP contribution in [0.15, 0.2) is 0 Å². The number of alkyl halides is 2. The van der Waals surface area contributed by atoms with E-state index < -0.39 is 18.1 Å². The van der Waals surface area contributed by atoms with Crippen LogP contribution in [0.3, 0.4) is 0 Å². The summed E-state index contributed by atoms with van der Waals surface area (Å²) < 4.78 is 31.9. The van der Waals surface area contributed by atoms with Gasteiger partial charge in [0.25, 0.3) is 5.92 Å². The number of ether oxygens (including phenoxy) is 1. The van der Waals surface area contributed by atoms with Crippen molar-refractivity contribution in [2.75, 3.05) is 13.7 Å². The summed E-state index contributed by atoms with van der Waals surface area (Å²) >= 11 is 0. The Morgan fingerprint density at radius 1 is 1.29 bits per heavy atom. The van der Waals surface area contributed by atoms with Gasteiger partial charge in [-0.1, -0.05) is 19.3 Å². The Morgan fingerprint density at radius 2 is 1.79 bits per heavy atom. The van der Waals surface area contributed by atoms with Crippen molar-refractivity contribution in [3.8, 4) is 0 Å². The minimum atomic E-state index is -2.89.